The minimum Gasteiger partial charge on any atom is -0.497 e. The van der Waals surface area contributed by atoms with E-state index >= 15 is 0 Å². The third-order valence-electron chi connectivity index (χ3n) is 2.39. The third kappa shape index (κ3) is 2.18. The highest BCUT2D eigenvalue weighted by Gasteiger charge is 2.00. The van der Waals surface area contributed by atoms with Crippen molar-refractivity contribution < 1.29 is 4.74 Å². The lowest BCUT2D eigenvalue weighted by Gasteiger charge is -2.06. The fraction of sp³-hybridized carbons (Fsp3) is 0.143. The van der Waals surface area contributed by atoms with Crippen molar-refractivity contribution in [2.24, 2.45) is 0 Å². The van der Waals surface area contributed by atoms with Crippen LogP contribution >= 0.6 is 0 Å². The van der Waals surface area contributed by atoms with Gasteiger partial charge < -0.3 is 4.74 Å². The maximum Gasteiger partial charge on any atom is 0.119 e. The molecule has 0 aliphatic rings. The first-order valence-electron chi connectivity index (χ1n) is 5.01. The van der Waals surface area contributed by atoms with Crippen LogP contribution in [0.3, 0.4) is 0 Å². The van der Waals surface area contributed by atoms with Crippen LogP contribution in [0.2, 0.25) is 0 Å². The Balaban J connectivity index is 2.49. The summed E-state index contributed by atoms with van der Waals surface area (Å²) in [5.74, 6) is 0.911. The standard InChI is InChI=1S/C14H14O/c1-11-8-13(10-14(9-11)15-2)12-6-4-3-5-7-12/h3-10H,1-2H3. The Labute approximate surface area is 90.3 Å². The molecule has 15 heavy (non-hydrogen) atoms. The first-order chi connectivity index (χ1) is 7.29. The normalized spacial score (nSPS) is 10.0. The van der Waals surface area contributed by atoms with Crippen LogP contribution in [0.25, 0.3) is 11.1 Å². The monoisotopic (exact) mass is 198 g/mol. The van der Waals surface area contributed by atoms with Gasteiger partial charge in [0.1, 0.15) is 5.75 Å². The SMILES string of the molecule is COc1cc(C)cc(-c2ccccc2)c1. The van der Waals surface area contributed by atoms with E-state index in [0.29, 0.717) is 0 Å². The molecule has 1 nitrogen and oxygen atoms in total. The molecule has 0 aliphatic carbocycles. The van der Waals surface area contributed by atoms with E-state index in [2.05, 4.69) is 31.2 Å². The fourth-order valence-electron chi connectivity index (χ4n) is 1.66. The maximum atomic E-state index is 5.26. The molecule has 0 bridgehead atoms. The number of hydrogen-bond acceptors (Lipinski definition) is 1. The Kier molecular flexibility index (Phi) is 2.72. The quantitative estimate of drug-likeness (QED) is 0.715. The van der Waals surface area contributed by atoms with Crippen LogP contribution in [0.4, 0.5) is 0 Å². The van der Waals surface area contributed by atoms with Crippen LogP contribution < -0.4 is 4.74 Å². The zero-order valence-electron chi connectivity index (χ0n) is 9.03. The van der Waals surface area contributed by atoms with E-state index in [-0.39, 0.29) is 0 Å². The highest BCUT2D eigenvalue weighted by atomic mass is 16.5. The second-order valence-electron chi connectivity index (χ2n) is 3.60. The minimum atomic E-state index is 0.911. The average Bonchev–Trinajstić information content (AvgIpc) is 2.29. The second kappa shape index (κ2) is 4.18. The molecule has 0 spiro atoms. The number of aryl methyl sites for hydroxylation is 1. The molecule has 2 rings (SSSR count). The van der Waals surface area contributed by atoms with Crippen molar-refractivity contribution in [3.8, 4) is 16.9 Å². The van der Waals surface area contributed by atoms with Crippen molar-refractivity contribution in [2.45, 2.75) is 6.92 Å². The zero-order chi connectivity index (χ0) is 10.7. The molecule has 0 atom stereocenters. The summed E-state index contributed by atoms with van der Waals surface area (Å²) in [4.78, 5) is 0. The van der Waals surface area contributed by atoms with Crippen LogP contribution in [0.15, 0.2) is 48.5 Å². The zero-order valence-corrected chi connectivity index (χ0v) is 9.03. The summed E-state index contributed by atoms with van der Waals surface area (Å²) in [7, 11) is 1.70. The molecule has 76 valence electrons. The average molecular weight is 198 g/mol. The Morgan fingerprint density at radius 3 is 2.27 bits per heavy atom. The number of methoxy groups -OCH3 is 1. The van der Waals surface area contributed by atoms with Gasteiger partial charge in [-0.1, -0.05) is 36.4 Å². The number of hydrogen-bond donors (Lipinski definition) is 0. The van der Waals surface area contributed by atoms with Crippen molar-refractivity contribution in [3.63, 3.8) is 0 Å². The summed E-state index contributed by atoms with van der Waals surface area (Å²) < 4.78 is 5.26. The van der Waals surface area contributed by atoms with E-state index in [1.807, 2.05) is 24.3 Å². The number of ether oxygens (including phenoxy) is 1. The lowest BCUT2D eigenvalue weighted by atomic mass is 10.0. The Morgan fingerprint density at radius 2 is 1.60 bits per heavy atom. The molecule has 0 saturated carbocycles. The molecular formula is C14H14O. The van der Waals surface area contributed by atoms with Gasteiger partial charge in [-0.05, 0) is 35.7 Å². The third-order valence-corrected chi connectivity index (χ3v) is 2.39. The summed E-state index contributed by atoms with van der Waals surface area (Å²) in [6, 6.07) is 16.6. The molecule has 0 saturated heterocycles. The summed E-state index contributed by atoms with van der Waals surface area (Å²) in [5.41, 5.74) is 3.64. The van der Waals surface area contributed by atoms with Gasteiger partial charge in [0.05, 0.1) is 7.11 Å². The van der Waals surface area contributed by atoms with E-state index < -0.39 is 0 Å². The summed E-state index contributed by atoms with van der Waals surface area (Å²) >= 11 is 0. The summed E-state index contributed by atoms with van der Waals surface area (Å²) in [6.07, 6.45) is 0. The molecule has 0 radical (unpaired) electrons. The lowest BCUT2D eigenvalue weighted by molar-refractivity contribution is 0.414. The van der Waals surface area contributed by atoms with Gasteiger partial charge in [0.25, 0.3) is 0 Å². The molecule has 0 aliphatic heterocycles. The number of benzene rings is 2. The predicted octanol–water partition coefficient (Wildman–Crippen LogP) is 3.67. The van der Waals surface area contributed by atoms with E-state index in [1.165, 1.54) is 16.7 Å². The van der Waals surface area contributed by atoms with E-state index in [9.17, 15) is 0 Å². The topological polar surface area (TPSA) is 9.23 Å². The highest BCUT2D eigenvalue weighted by molar-refractivity contribution is 5.65. The van der Waals surface area contributed by atoms with E-state index in [1.54, 1.807) is 7.11 Å². The summed E-state index contributed by atoms with van der Waals surface area (Å²) in [6.45, 7) is 2.08. The number of rotatable bonds is 2. The van der Waals surface area contributed by atoms with Gasteiger partial charge in [0, 0.05) is 0 Å². The van der Waals surface area contributed by atoms with Crippen LogP contribution in [0, 0.1) is 6.92 Å². The van der Waals surface area contributed by atoms with Crippen LogP contribution in [0.1, 0.15) is 5.56 Å². The van der Waals surface area contributed by atoms with Gasteiger partial charge in [-0.2, -0.15) is 0 Å². The molecule has 0 heterocycles. The fourth-order valence-corrected chi connectivity index (χ4v) is 1.66. The van der Waals surface area contributed by atoms with Crippen LogP contribution in [-0.4, -0.2) is 7.11 Å². The van der Waals surface area contributed by atoms with Gasteiger partial charge in [-0.25, -0.2) is 0 Å². The van der Waals surface area contributed by atoms with E-state index in [4.69, 9.17) is 4.74 Å². The Morgan fingerprint density at radius 1 is 0.867 bits per heavy atom. The smallest absolute Gasteiger partial charge is 0.119 e. The highest BCUT2D eigenvalue weighted by Crippen LogP contribution is 2.25. The maximum absolute atomic E-state index is 5.26. The molecular weight excluding hydrogens is 184 g/mol. The van der Waals surface area contributed by atoms with Crippen molar-refractivity contribution in [3.05, 3.63) is 54.1 Å². The molecule has 0 aromatic heterocycles. The van der Waals surface area contributed by atoms with Crippen LogP contribution in [-0.2, 0) is 0 Å². The minimum absolute atomic E-state index is 0.911. The van der Waals surface area contributed by atoms with Gasteiger partial charge in [0.2, 0.25) is 0 Å². The molecule has 2 aromatic rings. The van der Waals surface area contributed by atoms with Crippen molar-refractivity contribution in [1.29, 1.82) is 0 Å². The van der Waals surface area contributed by atoms with Crippen molar-refractivity contribution in [1.82, 2.24) is 0 Å². The Hall–Kier alpha value is -1.76. The molecule has 0 unspecified atom stereocenters. The first kappa shape index (κ1) is 9.78. The van der Waals surface area contributed by atoms with E-state index in [0.717, 1.165) is 5.75 Å². The molecule has 0 N–H and O–H groups in total. The molecule has 0 fully saturated rings. The molecule has 2 aromatic carbocycles. The predicted molar refractivity (Wildman–Crippen MR) is 63.2 cm³/mol. The van der Waals surface area contributed by atoms with Gasteiger partial charge in [-0.3, -0.25) is 0 Å². The van der Waals surface area contributed by atoms with Crippen molar-refractivity contribution >= 4 is 0 Å². The first-order valence-corrected chi connectivity index (χ1v) is 5.01. The second-order valence-corrected chi connectivity index (χ2v) is 3.60. The Bertz CT molecular complexity index is 446. The van der Waals surface area contributed by atoms with Gasteiger partial charge in [0.15, 0.2) is 0 Å². The largest absolute Gasteiger partial charge is 0.497 e. The van der Waals surface area contributed by atoms with Gasteiger partial charge >= 0.3 is 0 Å². The lowest BCUT2D eigenvalue weighted by Crippen LogP contribution is -1.86. The van der Waals surface area contributed by atoms with Gasteiger partial charge in [-0.15, -0.1) is 0 Å². The molecule has 1 heteroatoms. The van der Waals surface area contributed by atoms with Crippen LogP contribution in [0.5, 0.6) is 5.75 Å². The molecule has 0 amide bonds. The summed E-state index contributed by atoms with van der Waals surface area (Å²) in [5, 5.41) is 0. The van der Waals surface area contributed by atoms with Crippen molar-refractivity contribution in [2.75, 3.05) is 7.11 Å².